The zero-order valence-corrected chi connectivity index (χ0v) is 9.90. The number of hydrogen-bond donors (Lipinski definition) is 2. The summed E-state index contributed by atoms with van der Waals surface area (Å²) in [6, 6.07) is -0.748. The van der Waals surface area contributed by atoms with Gasteiger partial charge in [-0.3, -0.25) is 0 Å². The number of hydrogen-bond acceptors (Lipinski definition) is 2. The summed E-state index contributed by atoms with van der Waals surface area (Å²) in [7, 11) is 1.73. The van der Waals surface area contributed by atoms with E-state index in [2.05, 4.69) is 5.32 Å². The fourth-order valence-electron chi connectivity index (χ4n) is 1.74. The second-order valence-electron chi connectivity index (χ2n) is 4.32. The summed E-state index contributed by atoms with van der Waals surface area (Å²) in [5.74, 6) is -0.961. The first-order chi connectivity index (χ1) is 7.56. The van der Waals surface area contributed by atoms with Gasteiger partial charge in [-0.25, -0.2) is 9.59 Å². The molecule has 0 spiro atoms. The highest BCUT2D eigenvalue weighted by Crippen LogP contribution is 2.23. The lowest BCUT2D eigenvalue weighted by Crippen LogP contribution is -2.51. The third-order valence-corrected chi connectivity index (χ3v) is 3.12. The first-order valence-corrected chi connectivity index (χ1v) is 5.82. The van der Waals surface area contributed by atoms with Gasteiger partial charge < -0.3 is 15.3 Å². The molecule has 16 heavy (non-hydrogen) atoms. The molecule has 2 N–H and O–H groups in total. The minimum absolute atomic E-state index is 0.273. The lowest BCUT2D eigenvalue weighted by atomic mass is 9.92. The first kappa shape index (κ1) is 12.8. The van der Waals surface area contributed by atoms with Crippen molar-refractivity contribution in [1.29, 1.82) is 0 Å². The first-order valence-electron chi connectivity index (χ1n) is 5.82. The fraction of sp³-hybridized carbons (Fsp3) is 0.818. The van der Waals surface area contributed by atoms with Crippen molar-refractivity contribution in [3.8, 4) is 0 Å². The zero-order chi connectivity index (χ0) is 12.1. The Bertz CT molecular complexity index is 264. The van der Waals surface area contributed by atoms with Crippen LogP contribution < -0.4 is 5.32 Å². The molecule has 1 rings (SSSR count). The molecule has 0 saturated heterocycles. The van der Waals surface area contributed by atoms with Crippen LogP contribution in [-0.4, -0.2) is 41.1 Å². The lowest BCUT2D eigenvalue weighted by molar-refractivity contribution is -0.139. The number of nitrogens with zero attached hydrogens (tertiary/aromatic N) is 1. The second-order valence-corrected chi connectivity index (χ2v) is 4.32. The molecule has 0 bridgehead atoms. The van der Waals surface area contributed by atoms with Crippen LogP contribution in [-0.2, 0) is 4.79 Å². The van der Waals surface area contributed by atoms with Crippen molar-refractivity contribution in [3.05, 3.63) is 0 Å². The summed E-state index contributed by atoms with van der Waals surface area (Å²) in [6.07, 6.45) is 4.41. The number of aliphatic carboxylic acids is 1. The number of carboxylic acid groups (broad SMARTS) is 1. The molecule has 5 nitrogen and oxygen atoms in total. The molecule has 92 valence electrons. The van der Waals surface area contributed by atoms with E-state index < -0.39 is 12.0 Å². The van der Waals surface area contributed by atoms with E-state index in [0.717, 1.165) is 25.7 Å². The molecule has 0 aromatic rings. The van der Waals surface area contributed by atoms with Gasteiger partial charge in [0, 0.05) is 13.1 Å². The minimum Gasteiger partial charge on any atom is -0.480 e. The van der Waals surface area contributed by atoms with E-state index in [1.165, 1.54) is 0 Å². The van der Waals surface area contributed by atoms with Crippen molar-refractivity contribution in [2.75, 3.05) is 7.05 Å². The van der Waals surface area contributed by atoms with Crippen LogP contribution in [0, 0.1) is 0 Å². The molecule has 5 heteroatoms. The van der Waals surface area contributed by atoms with Gasteiger partial charge in [0.1, 0.15) is 6.04 Å². The van der Waals surface area contributed by atoms with Gasteiger partial charge in [-0.2, -0.15) is 0 Å². The molecule has 0 aromatic carbocycles. The molecule has 0 unspecified atom stereocenters. The van der Waals surface area contributed by atoms with Crippen LogP contribution in [0.2, 0.25) is 0 Å². The maximum atomic E-state index is 11.7. The van der Waals surface area contributed by atoms with E-state index in [1.54, 1.807) is 11.9 Å². The number of amides is 2. The Morgan fingerprint density at radius 3 is 2.50 bits per heavy atom. The molecular formula is C11H20N2O3. The molecule has 1 fully saturated rings. The zero-order valence-electron chi connectivity index (χ0n) is 9.90. The molecule has 0 radical (unpaired) electrons. The predicted octanol–water partition coefficient (Wildman–Crippen LogP) is 1.43. The van der Waals surface area contributed by atoms with Gasteiger partial charge in [0.15, 0.2) is 0 Å². The number of nitrogens with one attached hydrogen (secondary N) is 1. The fourth-order valence-corrected chi connectivity index (χ4v) is 1.74. The molecule has 2 amide bonds. The maximum Gasteiger partial charge on any atom is 0.326 e. The molecule has 1 saturated carbocycles. The van der Waals surface area contributed by atoms with Crippen molar-refractivity contribution in [3.63, 3.8) is 0 Å². The average Bonchev–Trinajstić information content (AvgIpc) is 2.13. The number of carbonyl (C=O) groups is 2. The summed E-state index contributed by atoms with van der Waals surface area (Å²) in [4.78, 5) is 24.2. The second kappa shape index (κ2) is 5.72. The largest absolute Gasteiger partial charge is 0.480 e. The molecule has 0 aliphatic heterocycles. The van der Waals surface area contributed by atoms with Crippen LogP contribution in [0.5, 0.6) is 0 Å². The van der Waals surface area contributed by atoms with E-state index in [0.29, 0.717) is 6.42 Å². The smallest absolute Gasteiger partial charge is 0.326 e. The van der Waals surface area contributed by atoms with Crippen molar-refractivity contribution in [2.24, 2.45) is 0 Å². The van der Waals surface area contributed by atoms with E-state index in [9.17, 15) is 9.59 Å². The summed E-state index contributed by atoms with van der Waals surface area (Å²) in [6.45, 7) is 1.90. The van der Waals surface area contributed by atoms with Crippen molar-refractivity contribution < 1.29 is 14.7 Å². The number of urea groups is 1. The summed E-state index contributed by atoms with van der Waals surface area (Å²) in [5, 5.41) is 11.5. The summed E-state index contributed by atoms with van der Waals surface area (Å²) >= 11 is 0. The Labute approximate surface area is 95.8 Å². The molecule has 1 aliphatic rings. The SMILES string of the molecule is CCC[C@@H](NC(=O)N(C)C1CCC1)C(=O)O. The molecule has 0 aromatic heterocycles. The Morgan fingerprint density at radius 2 is 2.12 bits per heavy atom. The topological polar surface area (TPSA) is 69.6 Å². The van der Waals surface area contributed by atoms with Crippen molar-refractivity contribution >= 4 is 12.0 Å². The predicted molar refractivity (Wildman–Crippen MR) is 60.3 cm³/mol. The monoisotopic (exact) mass is 228 g/mol. The highest BCUT2D eigenvalue weighted by molar-refractivity contribution is 5.82. The van der Waals surface area contributed by atoms with Crippen LogP contribution in [0.4, 0.5) is 4.79 Å². The van der Waals surface area contributed by atoms with Gasteiger partial charge in [-0.1, -0.05) is 13.3 Å². The van der Waals surface area contributed by atoms with Gasteiger partial charge in [0.25, 0.3) is 0 Å². The summed E-state index contributed by atoms with van der Waals surface area (Å²) < 4.78 is 0. The Morgan fingerprint density at radius 1 is 1.50 bits per heavy atom. The maximum absolute atomic E-state index is 11.7. The molecule has 1 aliphatic carbocycles. The van der Waals surface area contributed by atoms with Gasteiger partial charge >= 0.3 is 12.0 Å². The van der Waals surface area contributed by atoms with E-state index in [4.69, 9.17) is 5.11 Å². The van der Waals surface area contributed by atoms with Crippen LogP contribution in [0.1, 0.15) is 39.0 Å². The minimum atomic E-state index is -0.961. The quantitative estimate of drug-likeness (QED) is 0.748. The Kier molecular flexibility index (Phi) is 4.58. The van der Waals surface area contributed by atoms with Crippen molar-refractivity contribution in [2.45, 2.75) is 51.1 Å². The lowest BCUT2D eigenvalue weighted by Gasteiger charge is -2.35. The van der Waals surface area contributed by atoms with Crippen LogP contribution in [0.3, 0.4) is 0 Å². The van der Waals surface area contributed by atoms with Gasteiger partial charge in [-0.15, -0.1) is 0 Å². The Balaban J connectivity index is 2.43. The third-order valence-electron chi connectivity index (χ3n) is 3.12. The van der Waals surface area contributed by atoms with E-state index >= 15 is 0 Å². The molecule has 1 atom stereocenters. The van der Waals surface area contributed by atoms with Crippen LogP contribution >= 0.6 is 0 Å². The van der Waals surface area contributed by atoms with Gasteiger partial charge in [0.2, 0.25) is 0 Å². The summed E-state index contributed by atoms with van der Waals surface area (Å²) in [5.41, 5.74) is 0. The number of rotatable bonds is 5. The standard InChI is InChI=1S/C11H20N2O3/c1-3-5-9(10(14)15)12-11(16)13(2)8-6-4-7-8/h8-9H,3-7H2,1-2H3,(H,12,16)(H,14,15)/t9-/m1/s1. The van der Waals surface area contributed by atoms with Gasteiger partial charge in [-0.05, 0) is 25.7 Å². The highest BCUT2D eigenvalue weighted by atomic mass is 16.4. The number of carboxylic acids is 1. The molecule has 0 heterocycles. The van der Waals surface area contributed by atoms with E-state index in [1.807, 2.05) is 6.92 Å². The average molecular weight is 228 g/mol. The molecular weight excluding hydrogens is 208 g/mol. The third kappa shape index (κ3) is 3.12. The Hall–Kier alpha value is -1.26. The highest BCUT2D eigenvalue weighted by Gasteiger charge is 2.28. The van der Waals surface area contributed by atoms with Crippen LogP contribution in [0.25, 0.3) is 0 Å². The van der Waals surface area contributed by atoms with Gasteiger partial charge in [0.05, 0.1) is 0 Å². The normalized spacial score (nSPS) is 17.4. The number of carbonyl (C=O) groups excluding carboxylic acids is 1. The van der Waals surface area contributed by atoms with Crippen molar-refractivity contribution in [1.82, 2.24) is 10.2 Å². The van der Waals surface area contributed by atoms with E-state index in [-0.39, 0.29) is 12.1 Å². The van der Waals surface area contributed by atoms with Crippen LogP contribution in [0.15, 0.2) is 0 Å².